The lowest BCUT2D eigenvalue weighted by Crippen LogP contribution is -2.40. The average Bonchev–Trinajstić information content (AvgIpc) is 2.63. The third-order valence-corrected chi connectivity index (χ3v) is 5.17. The SMILES string of the molecule is CCCCOC(=O)c1ccc(NS(=O)(=O)c2cn(C)c(=O)n(C)c2=O)cc1. The van der Waals surface area contributed by atoms with Crippen LogP contribution >= 0.6 is 0 Å². The smallest absolute Gasteiger partial charge is 0.338 e. The number of ether oxygens (including phenoxy) is 1. The molecule has 0 atom stereocenters. The summed E-state index contributed by atoms with van der Waals surface area (Å²) >= 11 is 0. The third kappa shape index (κ3) is 4.64. The number of benzene rings is 1. The topological polar surface area (TPSA) is 116 Å². The van der Waals surface area contributed by atoms with Crippen molar-refractivity contribution in [3.8, 4) is 0 Å². The first-order valence-electron chi connectivity index (χ1n) is 8.24. The maximum atomic E-state index is 12.5. The average molecular weight is 395 g/mol. The van der Waals surface area contributed by atoms with Crippen LogP contribution in [0.25, 0.3) is 0 Å². The Kier molecular flexibility index (Phi) is 6.21. The van der Waals surface area contributed by atoms with Crippen LogP contribution in [-0.4, -0.2) is 30.1 Å². The van der Waals surface area contributed by atoms with Crippen molar-refractivity contribution in [3.05, 3.63) is 56.9 Å². The van der Waals surface area contributed by atoms with Gasteiger partial charge in [-0.2, -0.15) is 0 Å². The van der Waals surface area contributed by atoms with Gasteiger partial charge in [0.05, 0.1) is 12.2 Å². The first kappa shape index (κ1) is 20.4. The van der Waals surface area contributed by atoms with Crippen molar-refractivity contribution in [3.63, 3.8) is 0 Å². The molecule has 1 aromatic carbocycles. The molecular weight excluding hydrogens is 374 g/mol. The normalized spacial score (nSPS) is 11.2. The van der Waals surface area contributed by atoms with Gasteiger partial charge in [0, 0.05) is 26.0 Å². The van der Waals surface area contributed by atoms with E-state index in [2.05, 4.69) is 4.72 Å². The number of nitrogens with one attached hydrogen (secondary N) is 1. The second kappa shape index (κ2) is 8.21. The zero-order valence-electron chi connectivity index (χ0n) is 15.3. The van der Waals surface area contributed by atoms with E-state index >= 15 is 0 Å². The number of nitrogens with zero attached hydrogens (tertiary/aromatic N) is 2. The minimum atomic E-state index is -4.22. The van der Waals surface area contributed by atoms with Gasteiger partial charge in [-0.1, -0.05) is 13.3 Å². The van der Waals surface area contributed by atoms with Crippen molar-refractivity contribution >= 4 is 21.7 Å². The number of hydrogen-bond acceptors (Lipinski definition) is 6. The van der Waals surface area contributed by atoms with Crippen molar-refractivity contribution in [2.45, 2.75) is 24.7 Å². The summed E-state index contributed by atoms with van der Waals surface area (Å²) in [6, 6.07) is 5.62. The van der Waals surface area contributed by atoms with E-state index in [-0.39, 0.29) is 11.3 Å². The van der Waals surface area contributed by atoms with E-state index < -0.39 is 32.1 Å². The summed E-state index contributed by atoms with van der Waals surface area (Å²) in [5, 5.41) is 0. The minimum Gasteiger partial charge on any atom is -0.462 e. The van der Waals surface area contributed by atoms with Gasteiger partial charge in [0.1, 0.15) is 0 Å². The maximum Gasteiger partial charge on any atom is 0.338 e. The van der Waals surface area contributed by atoms with E-state index in [4.69, 9.17) is 4.74 Å². The van der Waals surface area contributed by atoms with Crippen LogP contribution in [0.5, 0.6) is 0 Å². The summed E-state index contributed by atoms with van der Waals surface area (Å²) in [6.07, 6.45) is 2.63. The molecule has 0 spiro atoms. The Bertz CT molecular complexity index is 1050. The van der Waals surface area contributed by atoms with Gasteiger partial charge in [-0.25, -0.2) is 18.0 Å². The number of carbonyl (C=O) groups is 1. The largest absolute Gasteiger partial charge is 0.462 e. The summed E-state index contributed by atoms with van der Waals surface area (Å²) < 4.78 is 34.1. The molecule has 0 radical (unpaired) electrons. The number of hydrogen-bond donors (Lipinski definition) is 1. The highest BCUT2D eigenvalue weighted by Gasteiger charge is 2.21. The van der Waals surface area contributed by atoms with Crippen LogP contribution in [0.2, 0.25) is 0 Å². The molecule has 0 unspecified atom stereocenters. The molecule has 0 fully saturated rings. The molecule has 0 saturated carbocycles. The van der Waals surface area contributed by atoms with Gasteiger partial charge in [0.25, 0.3) is 15.6 Å². The van der Waals surface area contributed by atoms with Crippen LogP contribution in [0.3, 0.4) is 0 Å². The van der Waals surface area contributed by atoms with Gasteiger partial charge >= 0.3 is 11.7 Å². The number of aryl methyl sites for hydroxylation is 1. The van der Waals surface area contributed by atoms with E-state index in [1.165, 1.54) is 38.4 Å². The molecule has 1 aromatic heterocycles. The highest BCUT2D eigenvalue weighted by Crippen LogP contribution is 2.15. The highest BCUT2D eigenvalue weighted by molar-refractivity contribution is 7.92. The Morgan fingerprint density at radius 2 is 1.78 bits per heavy atom. The lowest BCUT2D eigenvalue weighted by atomic mass is 10.2. The number of unbranched alkanes of at least 4 members (excludes halogenated alkanes) is 1. The molecule has 2 rings (SSSR count). The zero-order valence-corrected chi connectivity index (χ0v) is 16.1. The molecule has 1 heterocycles. The van der Waals surface area contributed by atoms with E-state index in [0.29, 0.717) is 11.2 Å². The molecule has 0 aliphatic rings. The van der Waals surface area contributed by atoms with Crippen LogP contribution in [0.15, 0.2) is 44.9 Å². The molecule has 0 amide bonds. The number of anilines is 1. The maximum absolute atomic E-state index is 12.5. The number of carbonyl (C=O) groups excluding carboxylic acids is 1. The van der Waals surface area contributed by atoms with Gasteiger partial charge in [-0.15, -0.1) is 0 Å². The summed E-state index contributed by atoms with van der Waals surface area (Å²) in [7, 11) is -1.67. The number of esters is 1. The lowest BCUT2D eigenvalue weighted by Gasteiger charge is -2.10. The molecule has 0 aliphatic heterocycles. The monoisotopic (exact) mass is 395 g/mol. The predicted octanol–water partition coefficient (Wildman–Crippen LogP) is 0.842. The Morgan fingerprint density at radius 1 is 1.15 bits per heavy atom. The number of aromatic nitrogens is 2. The van der Waals surface area contributed by atoms with Crippen LogP contribution in [0, 0.1) is 0 Å². The standard InChI is InChI=1S/C17H21N3O6S/c1-4-5-10-26-16(22)12-6-8-13(9-7-12)18-27(24,25)14-11-19(2)17(23)20(3)15(14)21/h6-9,11,18H,4-5,10H2,1-3H3. The van der Waals surface area contributed by atoms with Crippen LogP contribution in [0.1, 0.15) is 30.1 Å². The van der Waals surface area contributed by atoms with Crippen molar-refractivity contribution in [2.24, 2.45) is 14.1 Å². The van der Waals surface area contributed by atoms with Gasteiger partial charge in [0.2, 0.25) is 0 Å². The Balaban J connectivity index is 2.23. The first-order chi connectivity index (χ1) is 12.7. The van der Waals surface area contributed by atoms with Gasteiger partial charge < -0.3 is 9.30 Å². The molecule has 0 bridgehead atoms. The highest BCUT2D eigenvalue weighted by atomic mass is 32.2. The second-order valence-corrected chi connectivity index (χ2v) is 7.57. The lowest BCUT2D eigenvalue weighted by molar-refractivity contribution is 0.0500. The Hall–Kier alpha value is -2.88. The summed E-state index contributed by atoms with van der Waals surface area (Å²) in [4.78, 5) is 35.1. The molecule has 0 aliphatic carbocycles. The summed E-state index contributed by atoms with van der Waals surface area (Å²) in [6.45, 7) is 2.30. The molecule has 1 N–H and O–H groups in total. The minimum absolute atomic E-state index is 0.163. The van der Waals surface area contributed by atoms with Crippen molar-refractivity contribution in [2.75, 3.05) is 11.3 Å². The molecule has 2 aromatic rings. The van der Waals surface area contributed by atoms with E-state index in [1.54, 1.807) is 0 Å². The van der Waals surface area contributed by atoms with Gasteiger partial charge in [-0.05, 0) is 30.7 Å². The van der Waals surface area contributed by atoms with Gasteiger partial charge in [0.15, 0.2) is 4.90 Å². The predicted molar refractivity (Wildman–Crippen MR) is 99.4 cm³/mol. The summed E-state index contributed by atoms with van der Waals surface area (Å²) in [5.74, 6) is -0.496. The van der Waals surface area contributed by atoms with Gasteiger partial charge in [-0.3, -0.25) is 14.1 Å². The van der Waals surface area contributed by atoms with Crippen LogP contribution < -0.4 is 16.0 Å². The van der Waals surface area contributed by atoms with E-state index in [0.717, 1.165) is 23.6 Å². The van der Waals surface area contributed by atoms with Crippen molar-refractivity contribution in [1.82, 2.24) is 9.13 Å². The van der Waals surface area contributed by atoms with Crippen LogP contribution in [0.4, 0.5) is 5.69 Å². The fraction of sp³-hybridized carbons (Fsp3) is 0.353. The third-order valence-electron chi connectivity index (χ3n) is 3.81. The second-order valence-electron chi connectivity index (χ2n) is 5.92. The van der Waals surface area contributed by atoms with Crippen molar-refractivity contribution in [1.29, 1.82) is 0 Å². The molecule has 146 valence electrons. The molecule has 27 heavy (non-hydrogen) atoms. The molecule has 0 saturated heterocycles. The van der Waals surface area contributed by atoms with E-state index in [1.807, 2.05) is 6.92 Å². The molecule has 10 heteroatoms. The molecular formula is C17H21N3O6S. The molecule has 9 nitrogen and oxygen atoms in total. The Labute approximate surface area is 156 Å². The van der Waals surface area contributed by atoms with Crippen LogP contribution in [-0.2, 0) is 28.9 Å². The number of sulfonamides is 1. The van der Waals surface area contributed by atoms with Crippen molar-refractivity contribution < 1.29 is 17.9 Å². The fourth-order valence-electron chi connectivity index (χ4n) is 2.24. The van der Waals surface area contributed by atoms with E-state index in [9.17, 15) is 22.8 Å². The number of rotatable bonds is 7. The summed E-state index contributed by atoms with van der Waals surface area (Å²) in [5.41, 5.74) is -1.12. The zero-order chi connectivity index (χ0) is 20.2. The first-order valence-corrected chi connectivity index (χ1v) is 9.72. The Morgan fingerprint density at radius 3 is 2.37 bits per heavy atom. The quantitative estimate of drug-likeness (QED) is 0.549. The fourth-order valence-corrected chi connectivity index (χ4v) is 3.46.